The van der Waals surface area contributed by atoms with Crippen molar-refractivity contribution in [3.63, 3.8) is 0 Å². The Morgan fingerprint density at radius 1 is 1.38 bits per heavy atom. The van der Waals surface area contributed by atoms with Gasteiger partial charge in [-0.1, -0.05) is 33.6 Å². The summed E-state index contributed by atoms with van der Waals surface area (Å²) in [7, 11) is 0. The second-order valence-electron chi connectivity index (χ2n) is 4.51. The van der Waals surface area contributed by atoms with Crippen LogP contribution in [-0.4, -0.2) is 18.7 Å². The topological polar surface area (TPSA) is 38.3 Å². The standard InChI is InChI=1S/C11H19NO2.C2H6/c1-2-9-7-10(9)14-11(13)12-6-5-8-3-4-8;1-2/h8-10H,2-7H2,1H3,(H,12,13);1-2H3. The average Bonchev–Trinajstić information content (AvgIpc) is 3.17. The summed E-state index contributed by atoms with van der Waals surface area (Å²) in [5.41, 5.74) is 0. The molecule has 1 amide bonds. The van der Waals surface area contributed by atoms with Gasteiger partial charge in [0.25, 0.3) is 0 Å². The van der Waals surface area contributed by atoms with Gasteiger partial charge in [0.15, 0.2) is 0 Å². The van der Waals surface area contributed by atoms with E-state index in [1.165, 1.54) is 12.8 Å². The lowest BCUT2D eigenvalue weighted by Gasteiger charge is -2.05. The van der Waals surface area contributed by atoms with E-state index in [2.05, 4.69) is 12.2 Å². The molecule has 0 saturated heterocycles. The predicted molar refractivity (Wildman–Crippen MR) is 65.4 cm³/mol. The van der Waals surface area contributed by atoms with Gasteiger partial charge in [0.05, 0.1) is 0 Å². The van der Waals surface area contributed by atoms with E-state index in [4.69, 9.17) is 4.74 Å². The summed E-state index contributed by atoms with van der Waals surface area (Å²) in [5, 5.41) is 2.81. The smallest absolute Gasteiger partial charge is 0.407 e. The van der Waals surface area contributed by atoms with E-state index in [-0.39, 0.29) is 12.2 Å². The Balaban J connectivity index is 0.000000606. The Labute approximate surface area is 98.9 Å². The van der Waals surface area contributed by atoms with Crippen molar-refractivity contribution in [1.82, 2.24) is 5.32 Å². The lowest BCUT2D eigenvalue weighted by Crippen LogP contribution is -2.26. The molecule has 2 aliphatic carbocycles. The highest BCUT2D eigenvalue weighted by atomic mass is 16.6. The second-order valence-corrected chi connectivity index (χ2v) is 4.51. The SMILES string of the molecule is CC.CCC1CC1OC(=O)NCCC1CC1. The van der Waals surface area contributed by atoms with E-state index in [9.17, 15) is 4.79 Å². The summed E-state index contributed by atoms with van der Waals surface area (Å²) in [4.78, 5) is 11.2. The monoisotopic (exact) mass is 227 g/mol. The molecule has 3 nitrogen and oxygen atoms in total. The number of alkyl carbamates (subject to hydrolysis) is 1. The van der Waals surface area contributed by atoms with Crippen LogP contribution < -0.4 is 5.32 Å². The van der Waals surface area contributed by atoms with Crippen LogP contribution in [0.1, 0.15) is 52.9 Å². The largest absolute Gasteiger partial charge is 0.446 e. The van der Waals surface area contributed by atoms with Gasteiger partial charge in [-0.2, -0.15) is 0 Å². The van der Waals surface area contributed by atoms with Crippen molar-refractivity contribution >= 4 is 6.09 Å². The highest BCUT2D eigenvalue weighted by Crippen LogP contribution is 2.36. The first-order valence-electron chi connectivity index (χ1n) is 6.74. The summed E-state index contributed by atoms with van der Waals surface area (Å²) in [6, 6.07) is 0. The van der Waals surface area contributed by atoms with Gasteiger partial charge in [-0.25, -0.2) is 4.79 Å². The van der Waals surface area contributed by atoms with E-state index in [0.717, 1.165) is 31.7 Å². The molecule has 2 fully saturated rings. The van der Waals surface area contributed by atoms with Crippen LogP contribution in [0.5, 0.6) is 0 Å². The van der Waals surface area contributed by atoms with Gasteiger partial charge in [-0.3, -0.25) is 0 Å². The summed E-state index contributed by atoms with van der Waals surface area (Å²) in [6.45, 7) is 6.92. The van der Waals surface area contributed by atoms with Crippen LogP contribution in [0.3, 0.4) is 0 Å². The predicted octanol–water partition coefficient (Wildman–Crippen LogP) is 3.34. The molecule has 0 aliphatic heterocycles. The zero-order chi connectivity index (χ0) is 12.0. The molecule has 0 aromatic rings. The minimum atomic E-state index is -0.216. The Kier molecular flexibility index (Phi) is 5.64. The third kappa shape index (κ3) is 4.86. The molecule has 2 atom stereocenters. The molecular formula is C13H25NO2. The van der Waals surface area contributed by atoms with Crippen molar-refractivity contribution in [3.8, 4) is 0 Å². The van der Waals surface area contributed by atoms with Crippen LogP contribution in [0.2, 0.25) is 0 Å². The van der Waals surface area contributed by atoms with Crippen LogP contribution in [0.15, 0.2) is 0 Å². The van der Waals surface area contributed by atoms with E-state index in [1.54, 1.807) is 0 Å². The van der Waals surface area contributed by atoms with Crippen molar-refractivity contribution in [2.24, 2.45) is 11.8 Å². The molecule has 94 valence electrons. The van der Waals surface area contributed by atoms with Crippen molar-refractivity contribution in [2.75, 3.05) is 6.54 Å². The van der Waals surface area contributed by atoms with Gasteiger partial charge < -0.3 is 10.1 Å². The molecule has 2 unspecified atom stereocenters. The van der Waals surface area contributed by atoms with Crippen molar-refractivity contribution in [3.05, 3.63) is 0 Å². The van der Waals surface area contributed by atoms with Crippen molar-refractivity contribution in [1.29, 1.82) is 0 Å². The number of nitrogens with one attached hydrogen (secondary N) is 1. The quantitative estimate of drug-likeness (QED) is 0.782. The summed E-state index contributed by atoms with van der Waals surface area (Å²) in [5.74, 6) is 1.50. The molecule has 3 heteroatoms. The Morgan fingerprint density at radius 3 is 2.56 bits per heavy atom. The van der Waals surface area contributed by atoms with Gasteiger partial charge in [0, 0.05) is 6.54 Å². The van der Waals surface area contributed by atoms with Crippen LogP contribution >= 0.6 is 0 Å². The number of hydrogen-bond acceptors (Lipinski definition) is 2. The number of ether oxygens (including phenoxy) is 1. The fourth-order valence-electron chi connectivity index (χ4n) is 1.76. The number of carbonyl (C=O) groups is 1. The first-order chi connectivity index (χ1) is 7.79. The molecule has 2 rings (SSSR count). The lowest BCUT2D eigenvalue weighted by atomic mass is 10.3. The lowest BCUT2D eigenvalue weighted by molar-refractivity contribution is 0.133. The number of carbonyl (C=O) groups excluding carboxylic acids is 1. The molecule has 0 bridgehead atoms. The van der Waals surface area contributed by atoms with Crippen LogP contribution in [0.25, 0.3) is 0 Å². The maximum absolute atomic E-state index is 11.2. The van der Waals surface area contributed by atoms with Gasteiger partial charge in [0.2, 0.25) is 0 Å². The molecule has 0 heterocycles. The molecule has 0 aromatic heterocycles. The fourth-order valence-corrected chi connectivity index (χ4v) is 1.76. The highest BCUT2D eigenvalue weighted by molar-refractivity contribution is 5.67. The first-order valence-corrected chi connectivity index (χ1v) is 6.74. The number of amides is 1. The van der Waals surface area contributed by atoms with Crippen molar-refractivity contribution in [2.45, 2.75) is 59.0 Å². The third-order valence-electron chi connectivity index (χ3n) is 3.16. The highest BCUT2D eigenvalue weighted by Gasteiger charge is 2.38. The third-order valence-corrected chi connectivity index (χ3v) is 3.16. The first kappa shape index (κ1) is 13.3. The van der Waals surface area contributed by atoms with E-state index >= 15 is 0 Å². The molecule has 2 saturated carbocycles. The Hall–Kier alpha value is -0.730. The summed E-state index contributed by atoms with van der Waals surface area (Å²) < 4.78 is 5.22. The second kappa shape index (κ2) is 6.77. The summed E-state index contributed by atoms with van der Waals surface area (Å²) in [6.07, 6.45) is 5.99. The molecule has 16 heavy (non-hydrogen) atoms. The summed E-state index contributed by atoms with van der Waals surface area (Å²) >= 11 is 0. The van der Waals surface area contributed by atoms with E-state index in [1.807, 2.05) is 13.8 Å². The number of hydrogen-bond donors (Lipinski definition) is 1. The molecule has 2 aliphatic rings. The number of rotatable bonds is 5. The van der Waals surface area contributed by atoms with Crippen LogP contribution in [-0.2, 0) is 4.74 Å². The Morgan fingerprint density at radius 2 is 2.06 bits per heavy atom. The molecule has 1 N–H and O–H groups in total. The van der Waals surface area contributed by atoms with Gasteiger partial charge in [0.1, 0.15) is 6.10 Å². The molecule has 0 aromatic carbocycles. The maximum Gasteiger partial charge on any atom is 0.407 e. The van der Waals surface area contributed by atoms with Gasteiger partial charge >= 0.3 is 6.09 Å². The fraction of sp³-hybridized carbons (Fsp3) is 0.923. The molecule has 0 radical (unpaired) electrons. The Bertz CT molecular complexity index is 214. The van der Waals surface area contributed by atoms with E-state index in [0.29, 0.717) is 5.92 Å². The minimum Gasteiger partial charge on any atom is -0.446 e. The van der Waals surface area contributed by atoms with Crippen LogP contribution in [0, 0.1) is 11.8 Å². The minimum absolute atomic E-state index is 0.209. The van der Waals surface area contributed by atoms with E-state index < -0.39 is 0 Å². The molecular weight excluding hydrogens is 202 g/mol. The van der Waals surface area contributed by atoms with Gasteiger partial charge in [-0.15, -0.1) is 0 Å². The molecule has 0 spiro atoms. The zero-order valence-electron chi connectivity index (χ0n) is 10.8. The van der Waals surface area contributed by atoms with Crippen LogP contribution in [0.4, 0.5) is 4.79 Å². The normalized spacial score (nSPS) is 26.4. The zero-order valence-corrected chi connectivity index (χ0v) is 10.8. The van der Waals surface area contributed by atoms with Crippen molar-refractivity contribution < 1.29 is 9.53 Å². The average molecular weight is 227 g/mol. The maximum atomic E-state index is 11.2. The van der Waals surface area contributed by atoms with Gasteiger partial charge in [-0.05, 0) is 31.1 Å².